The number of hydrogen-bond acceptors (Lipinski definition) is 5. The van der Waals surface area contributed by atoms with Crippen molar-refractivity contribution in [2.45, 2.75) is 85.2 Å². The molecule has 0 amide bonds. The summed E-state index contributed by atoms with van der Waals surface area (Å²) in [6.45, 7) is 13.1. The van der Waals surface area contributed by atoms with E-state index in [9.17, 15) is 4.79 Å². The van der Waals surface area contributed by atoms with E-state index in [1.807, 2.05) is 32.0 Å². The first-order valence-corrected chi connectivity index (χ1v) is 16.8. The molecule has 0 bridgehead atoms. The van der Waals surface area contributed by atoms with Gasteiger partial charge in [0, 0.05) is 48.9 Å². The molecule has 2 atom stereocenters. The average Bonchev–Trinajstić information content (AvgIpc) is 3.41. The summed E-state index contributed by atoms with van der Waals surface area (Å²) in [5.41, 5.74) is 15.3. The van der Waals surface area contributed by atoms with Gasteiger partial charge in [-0.25, -0.2) is 9.18 Å². The molecule has 2 aromatic heterocycles. The number of aromatic nitrogens is 3. The normalized spacial score (nSPS) is 13.7. The van der Waals surface area contributed by atoms with Crippen LogP contribution in [0.25, 0.3) is 28.0 Å². The summed E-state index contributed by atoms with van der Waals surface area (Å²) >= 11 is 6.29. The number of H-pyrrole nitrogens is 1. The maximum absolute atomic E-state index is 15.2. The fourth-order valence-electron chi connectivity index (χ4n) is 6.00. The van der Waals surface area contributed by atoms with Crippen LogP contribution in [-0.4, -0.2) is 50.9 Å². The Labute approximate surface area is 277 Å². The first-order chi connectivity index (χ1) is 22.0. The number of aliphatic imine (C=N–C) groups is 1. The standard InChI is InChI=1S/C36H49ClFN7O/c1-6-9-33(44(21-23(2)3)17-8-16-41-25(5)40)27-12-14-29(15-13-27)45-22-28-20-32(42-35(28)43-36(45)46)30-18-26(11-7-10-24(4)39)19-31(37)34(30)38/h12-15,18-20,22-24,33H,6-11,16-17,21,39H2,1-5H3,(H2,40,41)(H,42,43,46). The van der Waals surface area contributed by atoms with Crippen molar-refractivity contribution in [1.82, 2.24) is 19.4 Å². The van der Waals surface area contributed by atoms with Gasteiger partial charge in [-0.1, -0.05) is 50.9 Å². The van der Waals surface area contributed by atoms with Gasteiger partial charge >= 0.3 is 5.69 Å². The Morgan fingerprint density at radius 3 is 2.52 bits per heavy atom. The van der Waals surface area contributed by atoms with Crippen LogP contribution < -0.4 is 17.2 Å². The van der Waals surface area contributed by atoms with Gasteiger partial charge in [-0.15, -0.1) is 0 Å². The Balaban J connectivity index is 1.61. The van der Waals surface area contributed by atoms with Crippen molar-refractivity contribution >= 4 is 28.5 Å². The van der Waals surface area contributed by atoms with Crippen molar-refractivity contribution in [2.24, 2.45) is 22.4 Å². The third kappa shape index (κ3) is 9.27. The number of aromatic amines is 1. The van der Waals surface area contributed by atoms with Crippen LogP contribution in [0, 0.1) is 11.7 Å². The van der Waals surface area contributed by atoms with Gasteiger partial charge in [0.15, 0.2) is 5.82 Å². The van der Waals surface area contributed by atoms with Crippen LogP contribution in [0.1, 0.15) is 83.9 Å². The van der Waals surface area contributed by atoms with E-state index in [1.165, 1.54) is 10.1 Å². The third-order valence-corrected chi connectivity index (χ3v) is 8.41. The summed E-state index contributed by atoms with van der Waals surface area (Å²) in [6.07, 6.45) is 7.26. The van der Waals surface area contributed by atoms with Crippen LogP contribution in [0.2, 0.25) is 5.02 Å². The first kappa shape index (κ1) is 35.3. The number of rotatable bonds is 16. The second-order valence-electron chi connectivity index (χ2n) is 12.9. The highest BCUT2D eigenvalue weighted by atomic mass is 35.5. The van der Waals surface area contributed by atoms with E-state index in [0.29, 0.717) is 40.6 Å². The van der Waals surface area contributed by atoms with E-state index in [0.717, 1.165) is 62.9 Å². The van der Waals surface area contributed by atoms with Crippen LogP contribution in [0.15, 0.2) is 58.4 Å². The number of nitrogens with one attached hydrogen (secondary N) is 1. The van der Waals surface area contributed by atoms with E-state index in [-0.39, 0.29) is 17.1 Å². The second kappa shape index (κ2) is 16.3. The molecule has 5 N–H and O–H groups in total. The number of nitrogens with zero attached hydrogens (tertiary/aromatic N) is 4. The molecule has 4 aromatic rings. The number of amidine groups is 1. The van der Waals surface area contributed by atoms with Gasteiger partial charge in [0.25, 0.3) is 0 Å². The van der Waals surface area contributed by atoms with E-state index in [2.05, 4.69) is 52.8 Å². The molecular formula is C36H49ClFN7O. The van der Waals surface area contributed by atoms with Gasteiger partial charge in [-0.2, -0.15) is 4.98 Å². The predicted octanol–water partition coefficient (Wildman–Crippen LogP) is 7.41. The van der Waals surface area contributed by atoms with Gasteiger partial charge in [-0.05, 0) is 93.3 Å². The van der Waals surface area contributed by atoms with Gasteiger partial charge in [0.1, 0.15) is 5.65 Å². The van der Waals surface area contributed by atoms with Crippen molar-refractivity contribution in [3.8, 4) is 16.9 Å². The van der Waals surface area contributed by atoms with E-state index < -0.39 is 11.5 Å². The Hall–Kier alpha value is -3.53. The summed E-state index contributed by atoms with van der Waals surface area (Å²) in [7, 11) is 0. The van der Waals surface area contributed by atoms with Crippen molar-refractivity contribution in [1.29, 1.82) is 0 Å². The third-order valence-electron chi connectivity index (χ3n) is 8.13. The zero-order valence-corrected chi connectivity index (χ0v) is 28.6. The fraction of sp³-hybridized carbons (Fsp3) is 0.472. The maximum Gasteiger partial charge on any atom is 0.354 e. The molecule has 0 radical (unpaired) electrons. The lowest BCUT2D eigenvalue weighted by Gasteiger charge is -2.33. The van der Waals surface area contributed by atoms with Gasteiger partial charge in [0.05, 0.1) is 22.2 Å². The number of halogens is 2. The number of hydrogen-bond donors (Lipinski definition) is 3. The lowest BCUT2D eigenvalue weighted by atomic mass is 9.98. The lowest BCUT2D eigenvalue weighted by molar-refractivity contribution is 0.165. The number of fused-ring (bicyclic) bond motifs is 1. The molecule has 2 unspecified atom stereocenters. The summed E-state index contributed by atoms with van der Waals surface area (Å²) in [4.78, 5) is 27.5. The highest BCUT2D eigenvalue weighted by molar-refractivity contribution is 6.31. The predicted molar refractivity (Wildman–Crippen MR) is 190 cm³/mol. The Kier molecular flexibility index (Phi) is 12.5. The molecule has 0 aliphatic carbocycles. The molecule has 4 rings (SSSR count). The molecule has 8 nitrogen and oxygen atoms in total. The highest BCUT2D eigenvalue weighted by Crippen LogP contribution is 2.32. The first-order valence-electron chi connectivity index (χ1n) is 16.4. The molecule has 2 aromatic carbocycles. The highest BCUT2D eigenvalue weighted by Gasteiger charge is 2.21. The Morgan fingerprint density at radius 1 is 1.13 bits per heavy atom. The number of benzene rings is 2. The molecule has 10 heteroatoms. The topological polar surface area (TPSA) is 118 Å². The van der Waals surface area contributed by atoms with Crippen LogP contribution in [0.5, 0.6) is 0 Å². The van der Waals surface area contributed by atoms with Crippen LogP contribution in [-0.2, 0) is 6.42 Å². The summed E-state index contributed by atoms with van der Waals surface area (Å²) in [5.74, 6) is 0.628. The molecule has 2 heterocycles. The molecule has 0 aliphatic rings. The summed E-state index contributed by atoms with van der Waals surface area (Å²) < 4.78 is 16.7. The quantitative estimate of drug-likeness (QED) is 0.0664. The van der Waals surface area contributed by atoms with Gasteiger partial charge in [-0.3, -0.25) is 14.5 Å². The largest absolute Gasteiger partial charge is 0.388 e. The summed E-state index contributed by atoms with van der Waals surface area (Å²) in [6, 6.07) is 13.8. The van der Waals surface area contributed by atoms with Crippen molar-refractivity contribution in [3.63, 3.8) is 0 Å². The zero-order chi connectivity index (χ0) is 33.4. The molecule has 46 heavy (non-hydrogen) atoms. The zero-order valence-electron chi connectivity index (χ0n) is 27.8. The molecule has 0 aliphatic heterocycles. The van der Waals surface area contributed by atoms with E-state index in [4.69, 9.17) is 23.1 Å². The van der Waals surface area contributed by atoms with Crippen LogP contribution in [0.3, 0.4) is 0 Å². The smallest absolute Gasteiger partial charge is 0.354 e. The summed E-state index contributed by atoms with van der Waals surface area (Å²) in [5, 5.41) is 0.756. The lowest BCUT2D eigenvalue weighted by Crippen LogP contribution is -2.33. The van der Waals surface area contributed by atoms with Gasteiger partial charge in [0.2, 0.25) is 0 Å². The number of nitrogens with two attached hydrogens (primary N) is 2. The fourth-order valence-corrected chi connectivity index (χ4v) is 6.24. The maximum atomic E-state index is 15.2. The molecule has 248 valence electrons. The minimum atomic E-state index is -0.509. The van der Waals surface area contributed by atoms with Crippen molar-refractivity contribution in [2.75, 3.05) is 19.6 Å². The van der Waals surface area contributed by atoms with Crippen LogP contribution >= 0.6 is 11.6 Å². The molecule has 0 spiro atoms. The van der Waals surface area contributed by atoms with Gasteiger partial charge < -0.3 is 16.5 Å². The van der Waals surface area contributed by atoms with Crippen LogP contribution in [0.4, 0.5) is 4.39 Å². The Bertz CT molecular complexity index is 1670. The monoisotopic (exact) mass is 649 g/mol. The van der Waals surface area contributed by atoms with Crippen molar-refractivity contribution < 1.29 is 4.39 Å². The second-order valence-corrected chi connectivity index (χ2v) is 13.3. The Morgan fingerprint density at radius 2 is 1.87 bits per heavy atom. The average molecular weight is 650 g/mol. The molecule has 0 fully saturated rings. The van der Waals surface area contributed by atoms with E-state index in [1.54, 1.807) is 18.3 Å². The SMILES string of the molecule is CCCC(c1ccc(-n2cc3cc(-c4cc(CCCC(C)N)cc(Cl)c4F)[nH]c3nc2=O)cc1)N(CCCN=C(C)N)CC(C)C. The molecule has 0 saturated heterocycles. The van der Waals surface area contributed by atoms with E-state index >= 15 is 4.39 Å². The minimum absolute atomic E-state index is 0.0621. The molecule has 0 saturated carbocycles. The number of aryl methyl sites for hydroxylation is 1. The van der Waals surface area contributed by atoms with Crippen molar-refractivity contribution in [3.05, 3.63) is 81.1 Å². The molecular weight excluding hydrogens is 601 g/mol. The minimum Gasteiger partial charge on any atom is -0.388 e.